The molecule has 2 bridgehead atoms. The third-order valence-electron chi connectivity index (χ3n) is 7.25. The third-order valence-corrected chi connectivity index (χ3v) is 8.02. The Balaban J connectivity index is 1.44. The smallest absolute Gasteiger partial charge is 0.283 e. The molecule has 4 atom stereocenters. The fraction of sp³-hybridized carbons (Fsp3) is 0.522. The van der Waals surface area contributed by atoms with Gasteiger partial charge in [-0.15, -0.1) is 0 Å². The summed E-state index contributed by atoms with van der Waals surface area (Å²) in [5.74, 6) is 1.98. The molecule has 154 valence electrons. The van der Waals surface area contributed by atoms with Crippen LogP contribution in [-0.4, -0.2) is 21.6 Å². The lowest BCUT2D eigenvalue weighted by Gasteiger charge is -2.62. The number of rotatable bonds is 6. The maximum Gasteiger partial charge on any atom is 0.283 e. The van der Waals surface area contributed by atoms with Gasteiger partial charge in [-0.05, 0) is 57.5 Å². The molecular formula is C23H28BrN3O2. The van der Waals surface area contributed by atoms with E-state index >= 15 is 0 Å². The van der Waals surface area contributed by atoms with Crippen molar-refractivity contribution in [1.29, 1.82) is 0 Å². The molecule has 0 spiro atoms. The van der Waals surface area contributed by atoms with Crippen LogP contribution in [-0.2, 0) is 17.8 Å². The first-order valence-corrected chi connectivity index (χ1v) is 11.1. The maximum atomic E-state index is 12.7. The molecule has 1 heterocycles. The summed E-state index contributed by atoms with van der Waals surface area (Å²) in [7, 11) is 0. The molecule has 2 aromatic rings. The number of Topliss-reactive ketones (excluding diaryl/α,β-unsaturated/α-hetero) is 1. The Morgan fingerprint density at radius 2 is 2.00 bits per heavy atom. The van der Waals surface area contributed by atoms with Gasteiger partial charge in [-0.3, -0.25) is 9.59 Å². The summed E-state index contributed by atoms with van der Waals surface area (Å²) in [6.45, 7) is 7.04. The van der Waals surface area contributed by atoms with Crippen LogP contribution in [0.4, 0.5) is 5.69 Å². The number of nitrogens with zero attached hydrogens (tertiary/aromatic N) is 2. The van der Waals surface area contributed by atoms with E-state index in [1.54, 1.807) is 6.20 Å². The highest BCUT2D eigenvalue weighted by Crippen LogP contribution is 2.61. The molecular weight excluding hydrogens is 430 g/mol. The molecule has 5 nitrogen and oxygen atoms in total. The molecule has 29 heavy (non-hydrogen) atoms. The van der Waals surface area contributed by atoms with Crippen LogP contribution in [0.1, 0.15) is 39.2 Å². The Kier molecular flexibility index (Phi) is 5.40. The highest BCUT2D eigenvalue weighted by atomic mass is 79.9. The van der Waals surface area contributed by atoms with Gasteiger partial charge in [0.15, 0.2) is 5.78 Å². The lowest BCUT2D eigenvalue weighted by atomic mass is 9.45. The number of hydrogen-bond acceptors (Lipinski definition) is 4. The monoisotopic (exact) mass is 457 g/mol. The summed E-state index contributed by atoms with van der Waals surface area (Å²) in [5, 5.41) is 7.81. The van der Waals surface area contributed by atoms with Crippen LogP contribution in [0.3, 0.4) is 0 Å². The first-order valence-electron chi connectivity index (χ1n) is 10.3. The number of fused-ring (bicyclic) bond motifs is 2. The third kappa shape index (κ3) is 3.79. The van der Waals surface area contributed by atoms with E-state index in [-0.39, 0.29) is 17.9 Å². The first kappa shape index (κ1) is 20.3. The molecule has 0 saturated heterocycles. The van der Waals surface area contributed by atoms with Gasteiger partial charge in [0.1, 0.15) is 11.0 Å². The van der Waals surface area contributed by atoms with Crippen molar-refractivity contribution in [2.75, 3.05) is 5.32 Å². The maximum absolute atomic E-state index is 12.7. The largest absolute Gasteiger partial charge is 0.380 e. The number of nitrogens with one attached hydrogen (secondary N) is 1. The van der Waals surface area contributed by atoms with Gasteiger partial charge >= 0.3 is 0 Å². The number of halogens is 1. The molecule has 6 heteroatoms. The Morgan fingerprint density at radius 1 is 1.28 bits per heavy atom. The number of ketones is 1. The molecule has 5 rings (SSSR count). The van der Waals surface area contributed by atoms with Crippen molar-refractivity contribution < 1.29 is 4.79 Å². The molecule has 0 radical (unpaired) electrons. The molecule has 1 aromatic heterocycles. The van der Waals surface area contributed by atoms with E-state index in [1.165, 1.54) is 11.1 Å². The Morgan fingerprint density at radius 3 is 2.66 bits per heavy atom. The fourth-order valence-electron chi connectivity index (χ4n) is 5.26. The predicted molar refractivity (Wildman–Crippen MR) is 118 cm³/mol. The quantitative estimate of drug-likeness (QED) is 0.701. The van der Waals surface area contributed by atoms with E-state index in [9.17, 15) is 9.59 Å². The molecule has 3 fully saturated rings. The van der Waals surface area contributed by atoms with Gasteiger partial charge in [-0.25, -0.2) is 4.68 Å². The van der Waals surface area contributed by atoms with E-state index in [2.05, 4.69) is 47.1 Å². The lowest BCUT2D eigenvalue weighted by Crippen LogP contribution is -2.58. The van der Waals surface area contributed by atoms with Crippen LogP contribution in [0.15, 0.2) is 45.8 Å². The van der Waals surface area contributed by atoms with Crippen molar-refractivity contribution in [2.45, 2.75) is 52.6 Å². The summed E-state index contributed by atoms with van der Waals surface area (Å²) in [4.78, 5) is 25.1. The topological polar surface area (TPSA) is 64.0 Å². The summed E-state index contributed by atoms with van der Waals surface area (Å²) in [6.07, 6.45) is 4.40. The van der Waals surface area contributed by atoms with Crippen molar-refractivity contribution in [2.24, 2.45) is 23.2 Å². The van der Waals surface area contributed by atoms with E-state index in [0.717, 1.165) is 29.5 Å². The minimum atomic E-state index is -0.273. The summed E-state index contributed by atoms with van der Waals surface area (Å²) < 4.78 is 1.69. The Bertz CT molecular complexity index is 970. The predicted octanol–water partition coefficient (Wildman–Crippen LogP) is 4.30. The van der Waals surface area contributed by atoms with Crippen molar-refractivity contribution in [3.8, 4) is 0 Å². The number of carbonyl (C=O) groups is 1. The molecule has 0 amide bonds. The van der Waals surface area contributed by atoms with Crippen LogP contribution >= 0.6 is 15.9 Å². The van der Waals surface area contributed by atoms with E-state index in [4.69, 9.17) is 0 Å². The lowest BCUT2D eigenvalue weighted by molar-refractivity contribution is -0.119. The van der Waals surface area contributed by atoms with Gasteiger partial charge in [-0.2, -0.15) is 5.10 Å². The molecule has 0 unspecified atom stereocenters. The summed E-state index contributed by atoms with van der Waals surface area (Å²) in [5.41, 5.74) is 1.81. The SMILES string of the molecule is C[C@H]1[C@H](Nc2cnn(CC(=O)Cc3ccccc3)c(=O)c2Br)C[C@H]2C[C@@H]1C2(C)C. The van der Waals surface area contributed by atoms with Gasteiger partial charge < -0.3 is 5.32 Å². The average Bonchev–Trinajstić information content (AvgIpc) is 2.69. The number of benzene rings is 1. The zero-order valence-electron chi connectivity index (χ0n) is 17.2. The standard InChI is InChI=1S/C23H28BrN3O2/c1-14-18-10-16(23(18,2)3)11-19(14)26-20-12-25-27(22(29)21(20)24)13-17(28)9-15-7-5-4-6-8-15/h4-8,12,14,16,18-19,26H,9-11,13H2,1-3H3/t14-,16-,18+,19-/m1/s1. The van der Waals surface area contributed by atoms with Crippen LogP contribution in [0, 0.1) is 23.2 Å². The first-order chi connectivity index (χ1) is 13.8. The van der Waals surface area contributed by atoms with Crippen molar-refractivity contribution in [3.63, 3.8) is 0 Å². The second kappa shape index (κ2) is 7.71. The van der Waals surface area contributed by atoms with Crippen molar-refractivity contribution in [3.05, 3.63) is 56.9 Å². The summed E-state index contributed by atoms with van der Waals surface area (Å²) in [6, 6.07) is 9.89. The highest BCUT2D eigenvalue weighted by molar-refractivity contribution is 9.10. The van der Waals surface area contributed by atoms with Crippen molar-refractivity contribution in [1.82, 2.24) is 9.78 Å². The molecule has 3 saturated carbocycles. The normalized spacial score (nSPS) is 27.2. The molecule has 1 N–H and O–H groups in total. The van der Waals surface area contributed by atoms with Gasteiger partial charge in [0.2, 0.25) is 0 Å². The molecule has 3 aliphatic rings. The van der Waals surface area contributed by atoms with Crippen molar-refractivity contribution >= 4 is 27.4 Å². The zero-order chi connectivity index (χ0) is 20.8. The van der Waals surface area contributed by atoms with Gasteiger partial charge in [-0.1, -0.05) is 51.1 Å². The number of aromatic nitrogens is 2. The Hall–Kier alpha value is -1.95. The van der Waals surface area contributed by atoms with Crippen LogP contribution in [0.25, 0.3) is 0 Å². The number of carbonyl (C=O) groups excluding carboxylic acids is 1. The second-order valence-corrected chi connectivity index (χ2v) is 10.0. The van der Waals surface area contributed by atoms with Crippen LogP contribution in [0.2, 0.25) is 0 Å². The average molecular weight is 458 g/mol. The van der Waals surface area contributed by atoms with Gasteiger partial charge in [0, 0.05) is 12.5 Å². The summed E-state index contributed by atoms with van der Waals surface area (Å²) >= 11 is 3.44. The minimum absolute atomic E-state index is 0.0230. The molecule has 3 aliphatic carbocycles. The van der Waals surface area contributed by atoms with Crippen LogP contribution < -0.4 is 10.9 Å². The minimum Gasteiger partial charge on any atom is -0.380 e. The number of hydrogen-bond donors (Lipinski definition) is 1. The van der Waals surface area contributed by atoms with E-state index < -0.39 is 0 Å². The zero-order valence-corrected chi connectivity index (χ0v) is 18.8. The van der Waals surface area contributed by atoms with E-state index in [1.807, 2.05) is 30.3 Å². The van der Waals surface area contributed by atoms with Crippen LogP contribution in [0.5, 0.6) is 0 Å². The Labute approximate surface area is 180 Å². The van der Waals surface area contributed by atoms with E-state index in [0.29, 0.717) is 28.3 Å². The number of anilines is 1. The van der Waals surface area contributed by atoms with Gasteiger partial charge in [0.25, 0.3) is 5.56 Å². The second-order valence-electron chi connectivity index (χ2n) is 9.24. The van der Waals surface area contributed by atoms with Gasteiger partial charge in [0.05, 0.1) is 11.9 Å². The highest BCUT2D eigenvalue weighted by Gasteiger charge is 2.56. The fourth-order valence-corrected chi connectivity index (χ4v) is 5.69. The molecule has 0 aliphatic heterocycles. The molecule has 1 aromatic carbocycles.